The maximum absolute atomic E-state index is 12.3. The number of halogens is 1. The Morgan fingerprint density at radius 3 is 2.62 bits per heavy atom. The average molecular weight is 372 g/mol. The Morgan fingerprint density at radius 1 is 1.38 bits per heavy atom. The maximum Gasteiger partial charge on any atom is 0.312 e. The number of nitrogens with zero attached hydrogens (tertiary/aromatic N) is 2. The lowest BCUT2D eigenvalue weighted by molar-refractivity contribution is -0.385. The van der Waals surface area contributed by atoms with E-state index in [1.54, 1.807) is 13.0 Å². The van der Waals surface area contributed by atoms with Crippen LogP contribution in [-0.4, -0.2) is 15.9 Å². The van der Waals surface area contributed by atoms with Gasteiger partial charge in [-0.25, -0.2) is 0 Å². The number of carbonyl (C=O) groups is 1. The van der Waals surface area contributed by atoms with E-state index < -0.39 is 22.3 Å². The quantitative estimate of drug-likeness (QED) is 0.359. The molecule has 0 unspecified atom stereocenters. The smallest absolute Gasteiger partial charge is 0.312 e. The van der Waals surface area contributed by atoms with Crippen LogP contribution in [0.3, 0.4) is 0 Å². The SMILES string of the molecule is C[C@H](NC(=O)/C(C#N)=C/c1cc(Cl)cc([N+](=O)[O-])c1O)c1ccccc1. The second-order valence-electron chi connectivity index (χ2n) is 5.40. The van der Waals surface area contributed by atoms with Crippen molar-refractivity contribution in [1.82, 2.24) is 5.32 Å². The summed E-state index contributed by atoms with van der Waals surface area (Å²) >= 11 is 5.81. The number of amides is 1. The largest absolute Gasteiger partial charge is 0.502 e. The van der Waals surface area contributed by atoms with Crippen molar-refractivity contribution >= 4 is 29.3 Å². The standard InChI is InChI=1S/C18H14ClN3O4/c1-11(12-5-3-2-4-6-12)21-18(24)14(10-20)7-13-8-15(19)9-16(17(13)23)22(25)26/h2-9,11,23H,1H3,(H,21,24)/b14-7+/t11-/m0/s1. The topological polar surface area (TPSA) is 116 Å². The van der Waals surface area contributed by atoms with E-state index in [1.165, 1.54) is 6.07 Å². The van der Waals surface area contributed by atoms with Crippen molar-refractivity contribution in [3.63, 3.8) is 0 Å². The van der Waals surface area contributed by atoms with Crippen LogP contribution in [0.1, 0.15) is 24.1 Å². The molecule has 2 N–H and O–H groups in total. The number of phenols is 1. The third-order valence-electron chi connectivity index (χ3n) is 3.59. The minimum Gasteiger partial charge on any atom is -0.502 e. The lowest BCUT2D eigenvalue weighted by atomic mass is 10.1. The fourth-order valence-corrected chi connectivity index (χ4v) is 2.48. The number of rotatable bonds is 5. The molecule has 0 aliphatic carbocycles. The normalized spacial score (nSPS) is 12.1. The van der Waals surface area contributed by atoms with E-state index in [0.717, 1.165) is 17.7 Å². The van der Waals surface area contributed by atoms with Crippen molar-refractivity contribution in [3.8, 4) is 11.8 Å². The predicted octanol–water partition coefficient (Wildman–Crippen LogP) is 3.74. The Kier molecular flexibility index (Phi) is 5.94. The molecular weight excluding hydrogens is 358 g/mol. The van der Waals surface area contributed by atoms with Gasteiger partial charge in [0, 0.05) is 16.7 Å². The number of nitro benzene ring substituents is 1. The van der Waals surface area contributed by atoms with Gasteiger partial charge in [-0.15, -0.1) is 0 Å². The summed E-state index contributed by atoms with van der Waals surface area (Å²) in [5.74, 6) is -1.35. The maximum atomic E-state index is 12.3. The molecule has 2 rings (SSSR count). The first-order valence-corrected chi connectivity index (χ1v) is 7.85. The highest BCUT2D eigenvalue weighted by Crippen LogP contribution is 2.34. The molecule has 0 heterocycles. The fraction of sp³-hybridized carbons (Fsp3) is 0.111. The number of phenolic OH excluding ortho intramolecular Hbond substituents is 1. The second kappa shape index (κ2) is 8.14. The van der Waals surface area contributed by atoms with Crippen molar-refractivity contribution in [3.05, 3.63) is 74.3 Å². The minimum atomic E-state index is -0.803. The molecular formula is C18H14ClN3O4. The Hall–Kier alpha value is -3.37. The zero-order valence-electron chi connectivity index (χ0n) is 13.6. The molecule has 0 fully saturated rings. The van der Waals surface area contributed by atoms with Gasteiger partial charge in [-0.2, -0.15) is 5.26 Å². The zero-order valence-corrected chi connectivity index (χ0v) is 14.4. The number of hydrogen-bond acceptors (Lipinski definition) is 5. The summed E-state index contributed by atoms with van der Waals surface area (Å²) in [6.07, 6.45) is 1.06. The summed E-state index contributed by atoms with van der Waals surface area (Å²) in [5, 5.41) is 32.8. The number of aromatic hydroxyl groups is 1. The molecule has 1 atom stereocenters. The van der Waals surface area contributed by atoms with Gasteiger partial charge in [-0.05, 0) is 24.6 Å². The van der Waals surface area contributed by atoms with Crippen LogP contribution in [0.2, 0.25) is 5.02 Å². The third-order valence-corrected chi connectivity index (χ3v) is 3.81. The van der Waals surface area contributed by atoms with E-state index in [-0.39, 0.29) is 22.2 Å². The molecule has 132 valence electrons. The molecule has 0 aliphatic heterocycles. The van der Waals surface area contributed by atoms with Gasteiger partial charge in [0.25, 0.3) is 5.91 Å². The van der Waals surface area contributed by atoms with Gasteiger partial charge >= 0.3 is 5.69 Å². The fourth-order valence-electron chi connectivity index (χ4n) is 2.26. The third kappa shape index (κ3) is 4.37. The zero-order chi connectivity index (χ0) is 19.3. The van der Waals surface area contributed by atoms with E-state index >= 15 is 0 Å². The van der Waals surface area contributed by atoms with Gasteiger partial charge in [-0.3, -0.25) is 14.9 Å². The van der Waals surface area contributed by atoms with Crippen LogP contribution >= 0.6 is 11.6 Å². The van der Waals surface area contributed by atoms with Crippen LogP contribution < -0.4 is 5.32 Å². The second-order valence-corrected chi connectivity index (χ2v) is 5.83. The Morgan fingerprint density at radius 2 is 2.04 bits per heavy atom. The van der Waals surface area contributed by atoms with Gasteiger partial charge in [0.2, 0.25) is 5.75 Å². The first-order chi connectivity index (χ1) is 12.3. The van der Waals surface area contributed by atoms with Crippen molar-refractivity contribution in [1.29, 1.82) is 5.26 Å². The summed E-state index contributed by atoms with van der Waals surface area (Å²) in [6.45, 7) is 1.75. The Labute approximate surface area is 154 Å². The van der Waals surface area contributed by atoms with Crippen LogP contribution in [0.5, 0.6) is 5.75 Å². The van der Waals surface area contributed by atoms with Gasteiger partial charge in [0.05, 0.1) is 11.0 Å². The monoisotopic (exact) mass is 371 g/mol. The lowest BCUT2D eigenvalue weighted by Crippen LogP contribution is -2.27. The van der Waals surface area contributed by atoms with E-state index in [1.807, 2.05) is 30.3 Å². The van der Waals surface area contributed by atoms with Crippen LogP contribution in [0.15, 0.2) is 48.0 Å². The number of carbonyl (C=O) groups excluding carboxylic acids is 1. The first-order valence-electron chi connectivity index (χ1n) is 7.48. The molecule has 0 bridgehead atoms. The molecule has 0 saturated heterocycles. The first kappa shape index (κ1) is 19.0. The summed E-state index contributed by atoms with van der Waals surface area (Å²) in [7, 11) is 0. The molecule has 8 heteroatoms. The van der Waals surface area contributed by atoms with Crippen LogP contribution in [0.25, 0.3) is 6.08 Å². The summed E-state index contributed by atoms with van der Waals surface area (Å²) in [4.78, 5) is 22.5. The van der Waals surface area contributed by atoms with E-state index in [0.29, 0.717) is 0 Å². The molecule has 0 spiro atoms. The van der Waals surface area contributed by atoms with Gasteiger partial charge in [-0.1, -0.05) is 41.9 Å². The number of nitro groups is 1. The number of nitriles is 1. The van der Waals surface area contributed by atoms with Crippen molar-refractivity contribution in [2.24, 2.45) is 0 Å². The number of hydrogen-bond donors (Lipinski definition) is 2. The molecule has 0 aliphatic rings. The van der Waals surface area contributed by atoms with E-state index in [9.17, 15) is 25.3 Å². The lowest BCUT2D eigenvalue weighted by Gasteiger charge is -2.13. The molecule has 0 radical (unpaired) electrons. The van der Waals surface area contributed by atoms with Crippen molar-refractivity contribution in [2.75, 3.05) is 0 Å². The summed E-state index contributed by atoms with van der Waals surface area (Å²) < 4.78 is 0. The average Bonchev–Trinajstić information content (AvgIpc) is 2.62. The summed E-state index contributed by atoms with van der Waals surface area (Å²) in [5.41, 5.74) is -0.179. The highest BCUT2D eigenvalue weighted by atomic mass is 35.5. The molecule has 2 aromatic carbocycles. The highest BCUT2D eigenvalue weighted by molar-refractivity contribution is 6.31. The molecule has 0 aromatic heterocycles. The minimum absolute atomic E-state index is 0.00361. The number of nitrogens with one attached hydrogen (secondary N) is 1. The van der Waals surface area contributed by atoms with Gasteiger partial charge in [0.15, 0.2) is 0 Å². The van der Waals surface area contributed by atoms with Crippen LogP contribution in [-0.2, 0) is 4.79 Å². The predicted molar refractivity (Wildman–Crippen MR) is 96.4 cm³/mol. The number of benzene rings is 2. The summed E-state index contributed by atoms with van der Waals surface area (Å²) in [6, 6.07) is 12.7. The molecule has 2 aromatic rings. The van der Waals surface area contributed by atoms with Gasteiger partial charge in [0.1, 0.15) is 11.6 Å². The molecule has 1 amide bonds. The highest BCUT2D eigenvalue weighted by Gasteiger charge is 2.20. The van der Waals surface area contributed by atoms with Crippen LogP contribution in [0, 0.1) is 21.4 Å². The Balaban J connectivity index is 2.32. The molecule has 26 heavy (non-hydrogen) atoms. The van der Waals surface area contributed by atoms with Crippen molar-refractivity contribution in [2.45, 2.75) is 13.0 Å². The van der Waals surface area contributed by atoms with E-state index in [4.69, 9.17) is 11.6 Å². The van der Waals surface area contributed by atoms with E-state index in [2.05, 4.69) is 5.32 Å². The molecule has 7 nitrogen and oxygen atoms in total. The van der Waals surface area contributed by atoms with Gasteiger partial charge < -0.3 is 10.4 Å². The van der Waals surface area contributed by atoms with Crippen molar-refractivity contribution < 1.29 is 14.8 Å². The molecule has 0 saturated carbocycles. The Bertz CT molecular complexity index is 920. The van der Waals surface area contributed by atoms with Crippen LogP contribution in [0.4, 0.5) is 5.69 Å².